The summed E-state index contributed by atoms with van der Waals surface area (Å²) in [6.45, 7) is 1.46. The largest absolute Gasteiger partial charge is 0.411 e. The Labute approximate surface area is 146 Å². The van der Waals surface area contributed by atoms with Gasteiger partial charge in [0.2, 0.25) is 15.7 Å². The average molecular weight is 364 g/mol. The maximum atomic E-state index is 12.3. The molecule has 134 valence electrons. The van der Waals surface area contributed by atoms with Crippen LogP contribution in [0.2, 0.25) is 0 Å². The standard InChI is InChI=1S/C16H20N4O4S/c21-15(20-9-5-2-6-10-20)17-11-14-18-19-16(24-14)25(22,23)12-13-7-3-1-4-8-13/h1,3-4,7-8H,2,5-6,9-12H2,(H,17,21). The first-order chi connectivity index (χ1) is 12.0. The van der Waals surface area contributed by atoms with Gasteiger partial charge in [0, 0.05) is 13.1 Å². The fourth-order valence-corrected chi connectivity index (χ4v) is 3.79. The van der Waals surface area contributed by atoms with Gasteiger partial charge in [0.15, 0.2) is 0 Å². The topological polar surface area (TPSA) is 105 Å². The molecule has 0 spiro atoms. The van der Waals surface area contributed by atoms with Gasteiger partial charge in [0.05, 0.1) is 12.3 Å². The quantitative estimate of drug-likeness (QED) is 0.866. The molecule has 0 unspecified atom stereocenters. The third-order valence-corrected chi connectivity index (χ3v) is 5.36. The highest BCUT2D eigenvalue weighted by Crippen LogP contribution is 2.15. The molecule has 1 aliphatic heterocycles. The minimum atomic E-state index is -3.71. The molecule has 3 rings (SSSR count). The molecule has 0 bridgehead atoms. The Kier molecular flexibility index (Phi) is 5.32. The first-order valence-electron chi connectivity index (χ1n) is 8.16. The van der Waals surface area contributed by atoms with E-state index in [4.69, 9.17) is 4.42 Å². The van der Waals surface area contributed by atoms with Gasteiger partial charge in [-0.15, -0.1) is 5.10 Å². The van der Waals surface area contributed by atoms with Gasteiger partial charge < -0.3 is 14.6 Å². The van der Waals surface area contributed by atoms with Crippen molar-refractivity contribution in [3.8, 4) is 0 Å². The predicted octanol–water partition coefficient (Wildman–Crippen LogP) is 1.74. The van der Waals surface area contributed by atoms with Crippen LogP contribution in [-0.2, 0) is 22.1 Å². The molecule has 25 heavy (non-hydrogen) atoms. The molecule has 2 amide bonds. The van der Waals surface area contributed by atoms with Gasteiger partial charge in [0.25, 0.3) is 0 Å². The number of hydrogen-bond donors (Lipinski definition) is 1. The number of likely N-dealkylation sites (tertiary alicyclic amines) is 1. The number of nitrogens with one attached hydrogen (secondary N) is 1. The number of nitrogens with zero attached hydrogens (tertiary/aromatic N) is 3. The monoisotopic (exact) mass is 364 g/mol. The lowest BCUT2D eigenvalue weighted by molar-refractivity contribution is 0.184. The van der Waals surface area contributed by atoms with E-state index in [1.165, 1.54) is 0 Å². The van der Waals surface area contributed by atoms with E-state index in [1.807, 2.05) is 6.07 Å². The number of carbonyl (C=O) groups is 1. The van der Waals surface area contributed by atoms with E-state index in [-0.39, 0.29) is 24.2 Å². The van der Waals surface area contributed by atoms with Crippen molar-refractivity contribution in [1.29, 1.82) is 0 Å². The molecular formula is C16H20N4O4S. The number of rotatable bonds is 5. The molecule has 2 heterocycles. The van der Waals surface area contributed by atoms with Gasteiger partial charge >= 0.3 is 11.3 Å². The summed E-state index contributed by atoms with van der Waals surface area (Å²) >= 11 is 0. The van der Waals surface area contributed by atoms with Crippen molar-refractivity contribution in [2.45, 2.75) is 36.8 Å². The van der Waals surface area contributed by atoms with E-state index in [1.54, 1.807) is 29.2 Å². The smallest absolute Gasteiger partial charge is 0.335 e. The number of carbonyl (C=O) groups excluding carboxylic acids is 1. The van der Waals surface area contributed by atoms with Gasteiger partial charge in [-0.2, -0.15) is 0 Å². The van der Waals surface area contributed by atoms with Crippen molar-refractivity contribution in [3.63, 3.8) is 0 Å². The number of benzene rings is 1. The molecule has 1 saturated heterocycles. The summed E-state index contributed by atoms with van der Waals surface area (Å²) in [5.41, 5.74) is 0.639. The fourth-order valence-electron chi connectivity index (χ4n) is 2.65. The predicted molar refractivity (Wildman–Crippen MR) is 89.3 cm³/mol. The maximum absolute atomic E-state index is 12.3. The Hall–Kier alpha value is -2.42. The normalized spacial score (nSPS) is 15.1. The van der Waals surface area contributed by atoms with E-state index in [0.29, 0.717) is 5.56 Å². The van der Waals surface area contributed by atoms with Crippen molar-refractivity contribution in [2.75, 3.05) is 13.1 Å². The Morgan fingerprint density at radius 1 is 1.12 bits per heavy atom. The van der Waals surface area contributed by atoms with Crippen molar-refractivity contribution in [2.24, 2.45) is 0 Å². The summed E-state index contributed by atoms with van der Waals surface area (Å²) < 4.78 is 29.8. The molecule has 1 aliphatic rings. The first kappa shape index (κ1) is 17.4. The third-order valence-electron chi connectivity index (χ3n) is 3.95. The van der Waals surface area contributed by atoms with Crippen molar-refractivity contribution in [3.05, 3.63) is 41.8 Å². The number of amides is 2. The molecule has 0 saturated carbocycles. The first-order valence-corrected chi connectivity index (χ1v) is 9.82. The van der Waals surface area contributed by atoms with Gasteiger partial charge in [-0.05, 0) is 24.8 Å². The van der Waals surface area contributed by atoms with Crippen LogP contribution in [0.3, 0.4) is 0 Å². The molecule has 0 aliphatic carbocycles. The van der Waals surface area contributed by atoms with E-state index in [9.17, 15) is 13.2 Å². The summed E-state index contributed by atoms with van der Waals surface area (Å²) in [5, 5.41) is 9.56. The highest BCUT2D eigenvalue weighted by atomic mass is 32.2. The number of aromatic nitrogens is 2. The SMILES string of the molecule is O=C(NCc1nnc(S(=O)(=O)Cc2ccccc2)o1)N1CCCCC1. The average Bonchev–Trinajstić information content (AvgIpc) is 3.11. The summed E-state index contributed by atoms with van der Waals surface area (Å²) in [6, 6.07) is 8.57. The summed E-state index contributed by atoms with van der Waals surface area (Å²) in [4.78, 5) is 13.8. The third kappa shape index (κ3) is 4.56. The zero-order chi connectivity index (χ0) is 17.7. The minimum absolute atomic E-state index is 0.00316. The van der Waals surface area contributed by atoms with Gasteiger partial charge in [-0.1, -0.05) is 35.4 Å². The molecule has 1 aromatic carbocycles. The molecule has 2 aromatic rings. The molecule has 1 fully saturated rings. The maximum Gasteiger partial charge on any atom is 0.335 e. The van der Waals surface area contributed by atoms with Crippen LogP contribution in [0.5, 0.6) is 0 Å². The molecule has 1 N–H and O–H groups in total. The van der Waals surface area contributed by atoms with Crippen molar-refractivity contribution >= 4 is 15.9 Å². The fraction of sp³-hybridized carbons (Fsp3) is 0.438. The summed E-state index contributed by atoms with van der Waals surface area (Å²) in [6.07, 6.45) is 3.13. The van der Waals surface area contributed by atoms with Crippen LogP contribution >= 0.6 is 0 Å². The highest BCUT2D eigenvalue weighted by Gasteiger charge is 2.23. The molecule has 1 aromatic heterocycles. The van der Waals surface area contributed by atoms with Crippen LogP contribution in [-0.4, -0.2) is 42.6 Å². The zero-order valence-corrected chi connectivity index (χ0v) is 14.5. The number of urea groups is 1. The summed E-state index contributed by atoms with van der Waals surface area (Å²) in [5.74, 6) is -0.146. The van der Waals surface area contributed by atoms with Crippen LogP contribution < -0.4 is 5.32 Å². The van der Waals surface area contributed by atoms with Crippen LogP contribution in [0.4, 0.5) is 4.79 Å². The Morgan fingerprint density at radius 2 is 1.84 bits per heavy atom. The molecule has 0 radical (unpaired) electrons. The van der Waals surface area contributed by atoms with Crippen molar-refractivity contribution < 1.29 is 17.6 Å². The summed E-state index contributed by atoms with van der Waals surface area (Å²) in [7, 11) is -3.71. The van der Waals surface area contributed by atoms with E-state index in [0.717, 1.165) is 32.4 Å². The van der Waals surface area contributed by atoms with Gasteiger partial charge in [-0.25, -0.2) is 13.2 Å². The highest BCUT2D eigenvalue weighted by molar-refractivity contribution is 7.90. The van der Waals surface area contributed by atoms with Gasteiger partial charge in [-0.3, -0.25) is 0 Å². The van der Waals surface area contributed by atoms with Crippen molar-refractivity contribution in [1.82, 2.24) is 20.4 Å². The van der Waals surface area contributed by atoms with Crippen LogP contribution in [0.25, 0.3) is 0 Å². The Bertz CT molecular complexity index is 814. The second kappa shape index (κ2) is 7.64. The molecule has 0 atom stereocenters. The van der Waals surface area contributed by atoms with E-state index >= 15 is 0 Å². The molecule has 8 nitrogen and oxygen atoms in total. The Morgan fingerprint density at radius 3 is 2.56 bits per heavy atom. The lowest BCUT2D eigenvalue weighted by Gasteiger charge is -2.26. The Balaban J connectivity index is 1.59. The second-order valence-electron chi connectivity index (χ2n) is 5.91. The van der Waals surface area contributed by atoms with E-state index in [2.05, 4.69) is 15.5 Å². The molecule has 9 heteroatoms. The van der Waals surface area contributed by atoms with Crippen LogP contribution in [0.1, 0.15) is 30.7 Å². The van der Waals surface area contributed by atoms with Gasteiger partial charge in [0.1, 0.15) is 0 Å². The molecular weight excluding hydrogens is 344 g/mol. The van der Waals surface area contributed by atoms with E-state index < -0.39 is 15.1 Å². The lowest BCUT2D eigenvalue weighted by Crippen LogP contribution is -2.42. The lowest BCUT2D eigenvalue weighted by atomic mass is 10.1. The minimum Gasteiger partial charge on any atom is -0.411 e. The number of sulfone groups is 1. The number of piperidine rings is 1. The van der Waals surface area contributed by atoms with Crippen LogP contribution in [0.15, 0.2) is 40.0 Å². The number of hydrogen-bond acceptors (Lipinski definition) is 6. The van der Waals surface area contributed by atoms with Crippen LogP contribution in [0, 0.1) is 0 Å². The second-order valence-corrected chi connectivity index (χ2v) is 7.78. The zero-order valence-electron chi connectivity index (χ0n) is 13.7.